The molecule has 1 aliphatic heterocycles. The summed E-state index contributed by atoms with van der Waals surface area (Å²) in [5.74, 6) is -0.430. The van der Waals surface area contributed by atoms with Gasteiger partial charge in [0.2, 0.25) is 6.17 Å². The number of rotatable bonds is 1. The molecule has 1 aromatic heterocycles. The highest BCUT2D eigenvalue weighted by Gasteiger charge is 2.28. The first-order valence-corrected chi connectivity index (χ1v) is 4.42. The molecule has 2 heterocycles. The average Bonchev–Trinajstić information content (AvgIpc) is 2.44. The summed E-state index contributed by atoms with van der Waals surface area (Å²) >= 11 is 4.87. The minimum Gasteiger partial charge on any atom is -0.539 e. The van der Waals surface area contributed by atoms with Crippen LogP contribution in [-0.4, -0.2) is 16.3 Å². The molecule has 4 N–H and O–H groups in total. The number of thiocarbonyl (C=S) groups is 1. The van der Waals surface area contributed by atoms with Gasteiger partial charge in [-0.2, -0.15) is 0 Å². The number of nitrogens with zero attached hydrogens (tertiary/aromatic N) is 3. The number of nitrogens with one attached hydrogen (secondary N) is 2. The Morgan fingerprint density at radius 1 is 1.67 bits per heavy atom. The predicted molar refractivity (Wildman–Crippen MR) is 50.4 cm³/mol. The molecule has 0 amide bonds. The van der Waals surface area contributed by atoms with E-state index in [0.29, 0.717) is 5.11 Å². The lowest BCUT2D eigenvalue weighted by atomic mass is 10.3. The van der Waals surface area contributed by atoms with Crippen LogP contribution in [0.3, 0.4) is 0 Å². The Morgan fingerprint density at radius 2 is 2.40 bits per heavy atom. The van der Waals surface area contributed by atoms with Gasteiger partial charge < -0.3 is 26.0 Å². The Hall–Kier alpha value is -1.90. The highest BCUT2D eigenvalue weighted by Crippen LogP contribution is 2.18. The first-order valence-electron chi connectivity index (χ1n) is 4.01. The number of hydrogen-bond donors (Lipinski definition) is 3. The van der Waals surface area contributed by atoms with Crippen LogP contribution in [-0.2, 0) is 7.05 Å². The van der Waals surface area contributed by atoms with E-state index in [2.05, 4.69) is 25.4 Å². The van der Waals surface area contributed by atoms with Crippen molar-refractivity contribution in [2.45, 2.75) is 6.17 Å². The van der Waals surface area contributed by atoms with E-state index < -0.39 is 12.1 Å². The topological polar surface area (TPSA) is 115 Å². The van der Waals surface area contributed by atoms with Crippen molar-refractivity contribution in [3.63, 3.8) is 0 Å². The molecule has 0 aliphatic carbocycles. The summed E-state index contributed by atoms with van der Waals surface area (Å²) in [5.41, 5.74) is 5.71. The average molecular weight is 228 g/mol. The molecular weight excluding hydrogens is 220 g/mol. The highest BCUT2D eigenvalue weighted by molar-refractivity contribution is 7.80. The monoisotopic (exact) mass is 228 g/mol. The van der Waals surface area contributed by atoms with Gasteiger partial charge in [0.1, 0.15) is 0 Å². The Morgan fingerprint density at radius 3 is 2.93 bits per heavy atom. The van der Waals surface area contributed by atoms with Crippen LogP contribution in [0.5, 0.6) is 5.95 Å². The molecule has 9 heteroatoms. The number of nitrogens with two attached hydrogens (primary N) is 1. The van der Waals surface area contributed by atoms with Crippen molar-refractivity contribution < 1.29 is 14.3 Å². The fourth-order valence-corrected chi connectivity index (χ4v) is 1.44. The molecular formula is C6H8N6O2S. The number of guanidine groups is 1. The van der Waals surface area contributed by atoms with Gasteiger partial charge in [-0.05, 0) is 12.2 Å². The van der Waals surface area contributed by atoms with Gasteiger partial charge in [-0.3, -0.25) is 0 Å². The maximum absolute atomic E-state index is 11.3. The van der Waals surface area contributed by atoms with Crippen LogP contribution in [0.4, 0.5) is 0 Å². The third-order valence-corrected chi connectivity index (χ3v) is 2.06. The van der Waals surface area contributed by atoms with E-state index in [0.717, 1.165) is 0 Å². The maximum atomic E-state index is 11.3. The second-order valence-corrected chi connectivity index (χ2v) is 3.29. The second-order valence-electron chi connectivity index (χ2n) is 2.88. The van der Waals surface area contributed by atoms with E-state index >= 15 is 0 Å². The van der Waals surface area contributed by atoms with Crippen molar-refractivity contribution in [2.75, 3.05) is 0 Å². The minimum atomic E-state index is -0.664. The Labute approximate surface area is 89.7 Å². The number of aromatic nitrogens is 2. The van der Waals surface area contributed by atoms with Gasteiger partial charge >= 0.3 is 0 Å². The summed E-state index contributed by atoms with van der Waals surface area (Å²) in [6.07, 6.45) is -0.664. The lowest BCUT2D eigenvalue weighted by molar-refractivity contribution is -0.747. The van der Waals surface area contributed by atoms with Gasteiger partial charge in [0.05, 0.1) is 5.27 Å². The molecule has 1 atom stereocenters. The summed E-state index contributed by atoms with van der Waals surface area (Å²) in [4.78, 5) is 3.96. The largest absolute Gasteiger partial charge is 0.539 e. The van der Waals surface area contributed by atoms with E-state index in [4.69, 9.17) is 18.0 Å². The van der Waals surface area contributed by atoms with Crippen molar-refractivity contribution in [3.05, 3.63) is 5.69 Å². The van der Waals surface area contributed by atoms with E-state index in [1.54, 1.807) is 7.05 Å². The zero-order chi connectivity index (χ0) is 11.0. The van der Waals surface area contributed by atoms with Gasteiger partial charge in [-0.1, -0.05) is 4.68 Å². The van der Waals surface area contributed by atoms with Crippen LogP contribution < -0.4 is 26.2 Å². The lowest BCUT2D eigenvalue weighted by Gasteiger charge is -2.20. The number of aryl methyl sites for hydroxylation is 1. The summed E-state index contributed by atoms with van der Waals surface area (Å²) in [5, 5.41) is 20.4. The summed E-state index contributed by atoms with van der Waals surface area (Å²) in [6.45, 7) is 0. The van der Waals surface area contributed by atoms with Crippen molar-refractivity contribution in [2.24, 2.45) is 17.8 Å². The van der Waals surface area contributed by atoms with Gasteiger partial charge in [0.15, 0.2) is 24.1 Å². The summed E-state index contributed by atoms with van der Waals surface area (Å²) < 4.78 is 5.75. The van der Waals surface area contributed by atoms with Gasteiger partial charge in [0.25, 0.3) is 5.69 Å². The van der Waals surface area contributed by atoms with Crippen LogP contribution in [0.15, 0.2) is 9.52 Å². The van der Waals surface area contributed by atoms with Crippen molar-refractivity contribution in [1.82, 2.24) is 15.9 Å². The molecule has 2 rings (SSSR count). The molecule has 0 spiro atoms. The van der Waals surface area contributed by atoms with E-state index in [9.17, 15) is 5.11 Å². The van der Waals surface area contributed by atoms with Crippen LogP contribution in [0.25, 0.3) is 0 Å². The standard InChI is InChI=1S/C6H8N6O2S/c1-12-2(4(13)14-11-12)3-8-5(7)10-6(15)9-3/h3H,1H3,(H4-,7,8,9,10,11,13,15). The number of aliphatic imine (C=N–C) groups is 1. The van der Waals surface area contributed by atoms with Crippen LogP contribution in [0.2, 0.25) is 0 Å². The first-order chi connectivity index (χ1) is 7.08. The minimum absolute atomic E-state index is 0.143. The third kappa shape index (κ3) is 1.68. The van der Waals surface area contributed by atoms with Gasteiger partial charge in [0, 0.05) is 0 Å². The smallest absolute Gasteiger partial charge is 0.277 e. The molecule has 1 unspecified atom stereocenters. The van der Waals surface area contributed by atoms with Gasteiger partial charge in [-0.25, -0.2) is 4.99 Å². The maximum Gasteiger partial charge on any atom is 0.277 e. The zero-order valence-corrected chi connectivity index (χ0v) is 8.54. The quantitative estimate of drug-likeness (QED) is 0.355. The van der Waals surface area contributed by atoms with E-state index in [-0.39, 0.29) is 11.7 Å². The lowest BCUT2D eigenvalue weighted by Crippen LogP contribution is -2.51. The molecule has 0 bridgehead atoms. The zero-order valence-electron chi connectivity index (χ0n) is 7.72. The van der Waals surface area contributed by atoms with Crippen molar-refractivity contribution >= 4 is 23.3 Å². The fraction of sp³-hybridized carbons (Fsp3) is 0.333. The van der Waals surface area contributed by atoms with Crippen LogP contribution in [0, 0.1) is 0 Å². The predicted octanol–water partition coefficient (Wildman–Crippen LogP) is -2.64. The molecule has 0 aromatic carbocycles. The second kappa shape index (κ2) is 3.35. The Balaban J connectivity index is 2.39. The van der Waals surface area contributed by atoms with E-state index in [1.807, 2.05) is 0 Å². The van der Waals surface area contributed by atoms with E-state index in [1.165, 1.54) is 4.68 Å². The molecule has 1 aliphatic rings. The Bertz CT molecular complexity index is 421. The fourth-order valence-electron chi connectivity index (χ4n) is 1.22. The SMILES string of the molecule is C[n+]1noc([O-])c1C1N=C(N)NC(=S)N1. The molecule has 8 nitrogen and oxygen atoms in total. The van der Waals surface area contributed by atoms with Crippen molar-refractivity contribution in [3.8, 4) is 5.95 Å². The van der Waals surface area contributed by atoms with Crippen LogP contribution >= 0.6 is 12.2 Å². The normalized spacial score (nSPS) is 20.5. The summed E-state index contributed by atoms with van der Waals surface area (Å²) in [7, 11) is 1.57. The first kappa shape index (κ1) is 9.65. The molecule has 0 fully saturated rings. The summed E-state index contributed by atoms with van der Waals surface area (Å²) in [6, 6.07) is 0. The van der Waals surface area contributed by atoms with Crippen LogP contribution in [0.1, 0.15) is 11.9 Å². The molecule has 0 saturated heterocycles. The molecule has 0 radical (unpaired) electrons. The molecule has 80 valence electrons. The highest BCUT2D eigenvalue weighted by atomic mass is 32.1. The molecule has 0 saturated carbocycles. The van der Waals surface area contributed by atoms with Crippen molar-refractivity contribution in [1.29, 1.82) is 0 Å². The van der Waals surface area contributed by atoms with Gasteiger partial charge in [-0.15, -0.1) is 0 Å². The molecule has 15 heavy (non-hydrogen) atoms. The molecule has 1 aromatic rings. The number of hydrogen-bond acceptors (Lipinski definition) is 6. The third-order valence-electron chi connectivity index (χ3n) is 1.84. The Kier molecular flexibility index (Phi) is 2.15.